The highest BCUT2D eigenvalue weighted by Crippen LogP contribution is 2.27. The third-order valence-corrected chi connectivity index (χ3v) is 5.66. The minimum Gasteiger partial charge on any atom is -0.355 e. The zero-order chi connectivity index (χ0) is 18.5. The topological polar surface area (TPSA) is 75.2 Å². The molecule has 8 heteroatoms. The van der Waals surface area contributed by atoms with Crippen molar-refractivity contribution in [3.63, 3.8) is 0 Å². The van der Waals surface area contributed by atoms with Crippen molar-refractivity contribution in [3.05, 3.63) is 53.2 Å². The summed E-state index contributed by atoms with van der Waals surface area (Å²) >= 11 is 2.98. The van der Waals surface area contributed by atoms with Crippen LogP contribution in [0.4, 0.5) is 0 Å². The van der Waals surface area contributed by atoms with Crippen molar-refractivity contribution in [1.82, 2.24) is 20.2 Å². The number of carbonyl (C=O) groups is 2. The normalized spacial score (nSPS) is 10.7. The van der Waals surface area contributed by atoms with Crippen LogP contribution in [0.3, 0.4) is 0 Å². The van der Waals surface area contributed by atoms with Crippen LogP contribution in [0.1, 0.15) is 15.9 Å². The molecule has 1 N–H and O–H groups in total. The number of benzene rings is 1. The molecular formula is C18H18N4O2S2. The van der Waals surface area contributed by atoms with Crippen molar-refractivity contribution in [1.29, 1.82) is 0 Å². The van der Waals surface area contributed by atoms with E-state index < -0.39 is 0 Å². The van der Waals surface area contributed by atoms with E-state index in [-0.39, 0.29) is 11.8 Å². The number of nitrogens with one attached hydrogen (secondary N) is 1. The molecule has 2 heterocycles. The van der Waals surface area contributed by atoms with Crippen LogP contribution in [-0.4, -0.2) is 46.5 Å². The fourth-order valence-corrected chi connectivity index (χ4v) is 4.11. The first kappa shape index (κ1) is 18.3. The lowest BCUT2D eigenvalue weighted by Crippen LogP contribution is -2.27. The summed E-state index contributed by atoms with van der Waals surface area (Å²) in [5, 5.41) is 6.37. The van der Waals surface area contributed by atoms with Crippen LogP contribution < -0.4 is 5.32 Å². The minimum atomic E-state index is -0.123. The molecule has 0 saturated carbocycles. The monoisotopic (exact) mass is 386 g/mol. The molecule has 0 aliphatic carbocycles. The van der Waals surface area contributed by atoms with Gasteiger partial charge < -0.3 is 10.2 Å². The largest absolute Gasteiger partial charge is 0.355 e. The number of rotatable bonds is 6. The Morgan fingerprint density at radius 2 is 1.96 bits per heavy atom. The SMILES string of the molecule is CNC(=O)c1ccc(CN(C)C(=O)CSc2ncnc3sccc23)cc1. The summed E-state index contributed by atoms with van der Waals surface area (Å²) in [4.78, 5) is 35.1. The zero-order valence-corrected chi connectivity index (χ0v) is 16.1. The molecule has 134 valence electrons. The maximum absolute atomic E-state index is 12.4. The van der Waals surface area contributed by atoms with E-state index in [9.17, 15) is 9.59 Å². The summed E-state index contributed by atoms with van der Waals surface area (Å²) in [7, 11) is 3.37. The number of hydrogen-bond acceptors (Lipinski definition) is 6. The first-order valence-corrected chi connectivity index (χ1v) is 9.81. The molecule has 6 nitrogen and oxygen atoms in total. The highest BCUT2D eigenvalue weighted by atomic mass is 32.2. The van der Waals surface area contributed by atoms with E-state index in [1.807, 2.05) is 23.6 Å². The van der Waals surface area contributed by atoms with E-state index in [1.165, 1.54) is 18.1 Å². The first-order chi connectivity index (χ1) is 12.6. The van der Waals surface area contributed by atoms with Crippen LogP contribution in [0.2, 0.25) is 0 Å². The number of hydrogen-bond donors (Lipinski definition) is 1. The van der Waals surface area contributed by atoms with Crippen molar-refractivity contribution in [2.75, 3.05) is 19.8 Å². The molecule has 0 aliphatic rings. The Kier molecular flexibility index (Phi) is 5.85. The molecule has 0 fully saturated rings. The number of amides is 2. The third-order valence-electron chi connectivity index (χ3n) is 3.85. The van der Waals surface area contributed by atoms with Gasteiger partial charge in [-0.2, -0.15) is 0 Å². The number of thiophene rings is 1. The van der Waals surface area contributed by atoms with Gasteiger partial charge in [0.15, 0.2) is 0 Å². The molecular weight excluding hydrogens is 368 g/mol. The molecule has 2 aromatic heterocycles. The Bertz CT molecular complexity index is 924. The van der Waals surface area contributed by atoms with Crippen molar-refractivity contribution in [3.8, 4) is 0 Å². The number of thioether (sulfide) groups is 1. The van der Waals surface area contributed by atoms with Crippen molar-refractivity contribution < 1.29 is 9.59 Å². The second-order valence-electron chi connectivity index (χ2n) is 5.63. The molecule has 3 aromatic rings. The van der Waals surface area contributed by atoms with Gasteiger partial charge in [0, 0.05) is 31.6 Å². The Balaban J connectivity index is 1.58. The van der Waals surface area contributed by atoms with Crippen LogP contribution in [0, 0.1) is 0 Å². The van der Waals surface area contributed by atoms with Gasteiger partial charge in [-0.15, -0.1) is 11.3 Å². The summed E-state index contributed by atoms with van der Waals surface area (Å²) in [6, 6.07) is 9.22. The number of nitrogens with zero attached hydrogens (tertiary/aromatic N) is 3. The second kappa shape index (κ2) is 8.29. The molecule has 0 unspecified atom stereocenters. The van der Waals surface area contributed by atoms with Crippen LogP contribution >= 0.6 is 23.1 Å². The lowest BCUT2D eigenvalue weighted by atomic mass is 10.1. The summed E-state index contributed by atoms with van der Waals surface area (Å²) in [5.74, 6) is 0.212. The van der Waals surface area contributed by atoms with Gasteiger partial charge in [-0.05, 0) is 29.1 Å². The van der Waals surface area contributed by atoms with Crippen molar-refractivity contribution in [2.45, 2.75) is 11.6 Å². The van der Waals surface area contributed by atoms with Crippen LogP contribution in [-0.2, 0) is 11.3 Å². The third kappa shape index (κ3) is 4.20. The lowest BCUT2D eigenvalue weighted by Gasteiger charge is -2.17. The average Bonchev–Trinajstić information content (AvgIpc) is 3.15. The number of aromatic nitrogens is 2. The van der Waals surface area contributed by atoms with E-state index in [0.717, 1.165) is 20.8 Å². The molecule has 2 amide bonds. The molecule has 3 rings (SSSR count). The molecule has 0 saturated heterocycles. The molecule has 1 aromatic carbocycles. The maximum Gasteiger partial charge on any atom is 0.251 e. The summed E-state index contributed by atoms with van der Waals surface area (Å²) < 4.78 is 0. The van der Waals surface area contributed by atoms with E-state index in [2.05, 4.69) is 15.3 Å². The molecule has 0 atom stereocenters. The van der Waals surface area contributed by atoms with Gasteiger partial charge in [0.2, 0.25) is 5.91 Å². The minimum absolute atomic E-state index is 0.0207. The number of fused-ring (bicyclic) bond motifs is 1. The Labute approximate surface area is 159 Å². The van der Waals surface area contributed by atoms with Gasteiger partial charge in [0.1, 0.15) is 16.2 Å². The van der Waals surface area contributed by atoms with Crippen LogP contribution in [0.15, 0.2) is 47.1 Å². The first-order valence-electron chi connectivity index (χ1n) is 7.94. The summed E-state index contributed by atoms with van der Waals surface area (Å²) in [5.41, 5.74) is 1.57. The highest BCUT2D eigenvalue weighted by molar-refractivity contribution is 8.00. The van der Waals surface area contributed by atoms with E-state index in [4.69, 9.17) is 0 Å². The van der Waals surface area contributed by atoms with E-state index in [1.54, 1.807) is 42.5 Å². The van der Waals surface area contributed by atoms with E-state index in [0.29, 0.717) is 17.9 Å². The Morgan fingerprint density at radius 3 is 2.69 bits per heavy atom. The van der Waals surface area contributed by atoms with Gasteiger partial charge in [0.25, 0.3) is 5.91 Å². The molecule has 0 radical (unpaired) electrons. The van der Waals surface area contributed by atoms with Gasteiger partial charge in [-0.1, -0.05) is 23.9 Å². The second-order valence-corrected chi connectivity index (χ2v) is 7.49. The Morgan fingerprint density at radius 1 is 1.19 bits per heavy atom. The van der Waals surface area contributed by atoms with Crippen LogP contribution in [0.5, 0.6) is 0 Å². The quantitative estimate of drug-likeness (QED) is 0.521. The lowest BCUT2D eigenvalue weighted by molar-refractivity contribution is -0.127. The molecule has 0 bridgehead atoms. The zero-order valence-electron chi connectivity index (χ0n) is 14.4. The average molecular weight is 387 g/mol. The van der Waals surface area contributed by atoms with Gasteiger partial charge in [-0.3, -0.25) is 9.59 Å². The predicted molar refractivity (Wildman–Crippen MR) is 104 cm³/mol. The maximum atomic E-state index is 12.4. The standard InChI is InChI=1S/C18H18N4O2S2/c1-19-16(24)13-5-3-12(4-6-13)9-22(2)15(23)10-26-18-14-7-8-25-17(14)20-11-21-18/h3-8,11H,9-10H2,1-2H3,(H,19,24). The van der Waals surface area contributed by atoms with Crippen molar-refractivity contribution >= 4 is 45.1 Å². The van der Waals surface area contributed by atoms with E-state index >= 15 is 0 Å². The smallest absolute Gasteiger partial charge is 0.251 e. The molecule has 26 heavy (non-hydrogen) atoms. The summed E-state index contributed by atoms with van der Waals surface area (Å²) in [6.07, 6.45) is 1.53. The fraction of sp³-hybridized carbons (Fsp3) is 0.222. The van der Waals surface area contributed by atoms with Gasteiger partial charge in [-0.25, -0.2) is 9.97 Å². The summed E-state index contributed by atoms with van der Waals surface area (Å²) in [6.45, 7) is 0.491. The predicted octanol–water partition coefficient (Wildman–Crippen LogP) is 2.80. The highest BCUT2D eigenvalue weighted by Gasteiger charge is 2.13. The van der Waals surface area contributed by atoms with Crippen LogP contribution in [0.25, 0.3) is 10.2 Å². The Hall–Kier alpha value is -2.45. The molecule has 0 spiro atoms. The molecule has 0 aliphatic heterocycles. The fourth-order valence-electron chi connectivity index (χ4n) is 2.39. The van der Waals surface area contributed by atoms with Gasteiger partial charge >= 0.3 is 0 Å². The van der Waals surface area contributed by atoms with Crippen molar-refractivity contribution in [2.24, 2.45) is 0 Å². The number of carbonyl (C=O) groups excluding carboxylic acids is 2. The van der Waals surface area contributed by atoms with Gasteiger partial charge in [0.05, 0.1) is 5.75 Å².